The Morgan fingerprint density at radius 3 is 2.47 bits per heavy atom. The van der Waals surface area contributed by atoms with Crippen molar-refractivity contribution in [3.63, 3.8) is 0 Å². The van der Waals surface area contributed by atoms with Gasteiger partial charge in [0.1, 0.15) is 24.4 Å². The molecule has 0 saturated carbocycles. The Bertz CT molecular complexity index is 241. The lowest BCUT2D eigenvalue weighted by molar-refractivity contribution is -0.224. The van der Waals surface area contributed by atoms with Gasteiger partial charge in [-0.3, -0.25) is 0 Å². The molecule has 0 aliphatic carbocycles. The lowest BCUT2D eigenvalue weighted by Crippen LogP contribution is -2.57. The average molecular weight is 234 g/mol. The standard InChI is InChI=1S/C9H18O5Si/c1-15(2,3)14-8-5-4-12-9(13-5)7(11)6(8)10/h5-11H,4H2,1-3H3/t5-,6-,7-,8-,9-/m1/s1. The summed E-state index contributed by atoms with van der Waals surface area (Å²) < 4.78 is 16.4. The highest BCUT2D eigenvalue weighted by atomic mass is 28.4. The number of aliphatic hydroxyl groups excluding tert-OH is 2. The van der Waals surface area contributed by atoms with E-state index in [0.29, 0.717) is 6.61 Å². The maximum absolute atomic E-state index is 9.87. The van der Waals surface area contributed by atoms with Crippen molar-refractivity contribution < 1.29 is 24.1 Å². The monoisotopic (exact) mass is 234 g/mol. The van der Waals surface area contributed by atoms with E-state index >= 15 is 0 Å². The maximum Gasteiger partial charge on any atom is 0.186 e. The third-order valence-corrected chi connectivity index (χ3v) is 3.53. The molecule has 5 nitrogen and oxygen atoms in total. The SMILES string of the molecule is C[Si](C)(C)O[C@H]1[C@H](O)[C@@H](O)[C@@H]2OC[C@H]1O2. The number of rotatable bonds is 2. The van der Waals surface area contributed by atoms with Crippen LogP contribution in [0, 0.1) is 0 Å². The van der Waals surface area contributed by atoms with Gasteiger partial charge >= 0.3 is 0 Å². The minimum Gasteiger partial charge on any atom is -0.409 e. The van der Waals surface area contributed by atoms with Crippen LogP contribution in [-0.2, 0) is 13.9 Å². The molecule has 2 fully saturated rings. The number of hydrogen-bond acceptors (Lipinski definition) is 5. The van der Waals surface area contributed by atoms with Crippen LogP contribution < -0.4 is 0 Å². The molecule has 2 N–H and O–H groups in total. The molecule has 2 heterocycles. The van der Waals surface area contributed by atoms with E-state index in [1.54, 1.807) is 0 Å². The van der Waals surface area contributed by atoms with Gasteiger partial charge in [0.15, 0.2) is 14.6 Å². The summed E-state index contributed by atoms with van der Waals surface area (Å²) in [5, 5.41) is 19.5. The molecule has 0 aromatic heterocycles. The average Bonchev–Trinajstić information content (AvgIpc) is 2.54. The Balaban J connectivity index is 2.09. The predicted molar refractivity (Wildman–Crippen MR) is 54.8 cm³/mol. The zero-order chi connectivity index (χ0) is 11.2. The van der Waals surface area contributed by atoms with E-state index in [2.05, 4.69) is 0 Å². The van der Waals surface area contributed by atoms with Gasteiger partial charge in [0.25, 0.3) is 0 Å². The van der Waals surface area contributed by atoms with Gasteiger partial charge in [-0.2, -0.15) is 0 Å². The van der Waals surface area contributed by atoms with E-state index in [9.17, 15) is 10.2 Å². The Kier molecular flexibility index (Phi) is 2.91. The second-order valence-corrected chi connectivity index (χ2v) is 9.51. The van der Waals surface area contributed by atoms with Crippen LogP contribution in [0.2, 0.25) is 19.6 Å². The smallest absolute Gasteiger partial charge is 0.186 e. The fourth-order valence-electron chi connectivity index (χ4n) is 1.92. The van der Waals surface area contributed by atoms with Gasteiger partial charge in [-0.1, -0.05) is 0 Å². The zero-order valence-corrected chi connectivity index (χ0v) is 10.2. The molecule has 0 spiro atoms. The summed E-state index contributed by atoms with van der Waals surface area (Å²) in [6.07, 6.45) is -3.33. The lowest BCUT2D eigenvalue weighted by atomic mass is 10.0. The first-order chi connectivity index (χ1) is 6.88. The van der Waals surface area contributed by atoms with Gasteiger partial charge in [-0.15, -0.1) is 0 Å². The first-order valence-corrected chi connectivity index (χ1v) is 8.60. The van der Waals surface area contributed by atoms with Gasteiger partial charge in [0, 0.05) is 0 Å². The molecule has 2 saturated heterocycles. The summed E-state index contributed by atoms with van der Waals surface area (Å²) in [5.74, 6) is 0. The van der Waals surface area contributed by atoms with Crippen LogP contribution in [-0.4, -0.2) is 55.8 Å². The zero-order valence-electron chi connectivity index (χ0n) is 9.21. The molecule has 2 rings (SSSR count). The van der Waals surface area contributed by atoms with Gasteiger partial charge < -0.3 is 24.1 Å². The largest absolute Gasteiger partial charge is 0.409 e. The van der Waals surface area contributed by atoms with E-state index in [1.165, 1.54) is 0 Å². The first kappa shape index (κ1) is 11.5. The number of hydrogen-bond donors (Lipinski definition) is 2. The predicted octanol–water partition coefficient (Wildman–Crippen LogP) is -0.317. The molecule has 0 unspecified atom stereocenters. The van der Waals surface area contributed by atoms with Crippen molar-refractivity contribution in [3.8, 4) is 0 Å². The number of ether oxygens (including phenoxy) is 2. The van der Waals surface area contributed by atoms with Crippen molar-refractivity contribution in [1.29, 1.82) is 0 Å². The van der Waals surface area contributed by atoms with Crippen LogP contribution in [0.5, 0.6) is 0 Å². The van der Waals surface area contributed by atoms with E-state index in [4.69, 9.17) is 13.9 Å². The highest BCUT2D eigenvalue weighted by Gasteiger charge is 2.51. The second-order valence-electron chi connectivity index (χ2n) is 5.05. The Morgan fingerprint density at radius 1 is 1.20 bits per heavy atom. The Labute approximate surface area is 90.1 Å². The highest BCUT2D eigenvalue weighted by molar-refractivity contribution is 6.69. The fraction of sp³-hybridized carbons (Fsp3) is 1.00. The van der Waals surface area contributed by atoms with Gasteiger partial charge in [-0.05, 0) is 19.6 Å². The van der Waals surface area contributed by atoms with Crippen molar-refractivity contribution >= 4 is 8.32 Å². The van der Waals surface area contributed by atoms with Gasteiger partial charge in [0.2, 0.25) is 0 Å². The molecule has 15 heavy (non-hydrogen) atoms. The van der Waals surface area contributed by atoms with Crippen LogP contribution in [0.3, 0.4) is 0 Å². The molecule has 88 valence electrons. The topological polar surface area (TPSA) is 68.2 Å². The first-order valence-electron chi connectivity index (χ1n) is 5.19. The molecule has 2 aliphatic rings. The second kappa shape index (κ2) is 3.79. The summed E-state index contributed by atoms with van der Waals surface area (Å²) in [6.45, 7) is 6.49. The highest BCUT2D eigenvalue weighted by Crippen LogP contribution is 2.31. The van der Waals surface area contributed by atoms with E-state index < -0.39 is 32.9 Å². The van der Waals surface area contributed by atoms with E-state index in [1.807, 2.05) is 19.6 Å². The molecule has 2 aliphatic heterocycles. The molecule has 0 aromatic carbocycles. The van der Waals surface area contributed by atoms with E-state index in [0.717, 1.165) is 0 Å². The summed E-state index contributed by atoms with van der Waals surface area (Å²) >= 11 is 0. The minimum atomic E-state index is -1.76. The Hall–Kier alpha value is 0.0169. The quantitative estimate of drug-likeness (QED) is 0.641. The normalized spacial score (nSPS) is 45.8. The van der Waals surface area contributed by atoms with Crippen molar-refractivity contribution in [2.45, 2.75) is 50.3 Å². The number of aliphatic hydroxyl groups is 2. The summed E-state index contributed by atoms with van der Waals surface area (Å²) in [4.78, 5) is 0. The third kappa shape index (κ3) is 2.25. The maximum atomic E-state index is 9.87. The van der Waals surface area contributed by atoms with Crippen molar-refractivity contribution in [1.82, 2.24) is 0 Å². The molecule has 6 heteroatoms. The van der Waals surface area contributed by atoms with Gasteiger partial charge in [0.05, 0.1) is 6.61 Å². The lowest BCUT2D eigenvalue weighted by Gasteiger charge is -2.38. The summed E-state index contributed by atoms with van der Waals surface area (Å²) in [6, 6.07) is 0. The van der Waals surface area contributed by atoms with Crippen LogP contribution in [0.1, 0.15) is 0 Å². The molecular formula is C9H18O5Si. The molecule has 2 bridgehead atoms. The van der Waals surface area contributed by atoms with Crippen LogP contribution in [0.15, 0.2) is 0 Å². The third-order valence-electron chi connectivity index (χ3n) is 2.56. The molecule has 0 radical (unpaired) electrons. The fourth-order valence-corrected chi connectivity index (χ4v) is 3.03. The van der Waals surface area contributed by atoms with Gasteiger partial charge in [-0.25, -0.2) is 0 Å². The van der Waals surface area contributed by atoms with E-state index in [-0.39, 0.29) is 6.10 Å². The Morgan fingerprint density at radius 2 is 1.87 bits per heavy atom. The summed E-state index contributed by atoms with van der Waals surface area (Å²) in [5.41, 5.74) is 0. The van der Waals surface area contributed by atoms with Crippen LogP contribution >= 0.6 is 0 Å². The molecule has 0 amide bonds. The molecule has 0 aromatic rings. The van der Waals surface area contributed by atoms with Crippen molar-refractivity contribution in [3.05, 3.63) is 0 Å². The van der Waals surface area contributed by atoms with Crippen molar-refractivity contribution in [2.75, 3.05) is 6.61 Å². The molecule has 5 atom stereocenters. The number of fused-ring (bicyclic) bond motifs is 2. The van der Waals surface area contributed by atoms with Crippen molar-refractivity contribution in [2.24, 2.45) is 0 Å². The summed E-state index contributed by atoms with van der Waals surface area (Å²) in [7, 11) is -1.76. The minimum absolute atomic E-state index is 0.250. The van der Waals surface area contributed by atoms with Crippen LogP contribution in [0.4, 0.5) is 0 Å². The van der Waals surface area contributed by atoms with Crippen LogP contribution in [0.25, 0.3) is 0 Å². The molecular weight excluding hydrogens is 216 g/mol.